The smallest absolute Gasteiger partial charge is 0.289 e. The number of hydrogen-bond acceptors (Lipinski definition) is 5. The number of hydrogen-bond donors (Lipinski definition) is 2. The van der Waals surface area contributed by atoms with Gasteiger partial charge in [0.15, 0.2) is 5.78 Å². The third kappa shape index (κ3) is 8.63. The standard InChI is InChI=1S/C22H38N2O4/c1-6-10-19(24-22(3,4)5)20(27)21(28)23-14-17(26)13-18(15(2)25)16-11-8-7-9-12-16/h16,18-19,24H,6-14H2,1-5H3,(H,23,28). The van der Waals surface area contributed by atoms with Crippen molar-refractivity contribution in [1.29, 1.82) is 0 Å². The van der Waals surface area contributed by atoms with E-state index in [0.717, 1.165) is 32.1 Å². The van der Waals surface area contributed by atoms with Gasteiger partial charge >= 0.3 is 0 Å². The van der Waals surface area contributed by atoms with E-state index in [1.54, 1.807) is 6.92 Å². The van der Waals surface area contributed by atoms with E-state index in [0.29, 0.717) is 6.42 Å². The minimum absolute atomic E-state index is 0.0417. The van der Waals surface area contributed by atoms with Gasteiger partial charge in [-0.3, -0.25) is 19.2 Å². The van der Waals surface area contributed by atoms with E-state index in [1.807, 2.05) is 27.7 Å². The first-order chi connectivity index (χ1) is 13.0. The number of rotatable bonds is 11. The average molecular weight is 395 g/mol. The second kappa shape index (κ2) is 11.4. The van der Waals surface area contributed by atoms with Gasteiger partial charge in [-0.05, 0) is 52.9 Å². The van der Waals surface area contributed by atoms with Crippen molar-refractivity contribution in [2.24, 2.45) is 11.8 Å². The summed E-state index contributed by atoms with van der Waals surface area (Å²) in [5, 5.41) is 5.64. The van der Waals surface area contributed by atoms with Crippen LogP contribution in [0.2, 0.25) is 0 Å². The molecule has 0 bridgehead atoms. The first-order valence-electron chi connectivity index (χ1n) is 10.7. The van der Waals surface area contributed by atoms with Gasteiger partial charge in [0, 0.05) is 17.9 Å². The highest BCUT2D eigenvalue weighted by molar-refractivity contribution is 6.38. The summed E-state index contributed by atoms with van der Waals surface area (Å²) >= 11 is 0. The van der Waals surface area contributed by atoms with E-state index in [1.165, 1.54) is 6.42 Å². The fourth-order valence-electron chi connectivity index (χ4n) is 4.00. The third-order valence-corrected chi connectivity index (χ3v) is 5.36. The van der Waals surface area contributed by atoms with Crippen molar-refractivity contribution in [1.82, 2.24) is 10.6 Å². The van der Waals surface area contributed by atoms with Gasteiger partial charge in [0.05, 0.1) is 12.6 Å². The van der Waals surface area contributed by atoms with Gasteiger partial charge in [0.25, 0.3) is 5.91 Å². The highest BCUT2D eigenvalue weighted by atomic mass is 16.2. The summed E-state index contributed by atoms with van der Waals surface area (Å²) < 4.78 is 0. The summed E-state index contributed by atoms with van der Waals surface area (Å²) in [6.45, 7) is 9.13. The van der Waals surface area contributed by atoms with Gasteiger partial charge in [-0.15, -0.1) is 0 Å². The molecule has 28 heavy (non-hydrogen) atoms. The Morgan fingerprint density at radius 1 is 1.04 bits per heavy atom. The molecule has 2 atom stereocenters. The van der Waals surface area contributed by atoms with Crippen LogP contribution in [0.3, 0.4) is 0 Å². The van der Waals surface area contributed by atoms with Crippen LogP contribution in [0.4, 0.5) is 0 Å². The molecule has 160 valence electrons. The molecule has 0 radical (unpaired) electrons. The van der Waals surface area contributed by atoms with Gasteiger partial charge in [-0.2, -0.15) is 0 Å². The van der Waals surface area contributed by atoms with Gasteiger partial charge in [-0.25, -0.2) is 0 Å². The lowest BCUT2D eigenvalue weighted by Gasteiger charge is -2.28. The van der Waals surface area contributed by atoms with Crippen LogP contribution in [0.15, 0.2) is 0 Å². The molecule has 0 aromatic heterocycles. The molecule has 6 nitrogen and oxygen atoms in total. The SMILES string of the molecule is CCCC(NC(C)(C)C)C(=O)C(=O)NCC(=O)CC(C(C)=O)C1CCCCC1. The first kappa shape index (κ1) is 24.5. The molecule has 1 saturated carbocycles. The van der Waals surface area contributed by atoms with Crippen LogP contribution in [0, 0.1) is 11.8 Å². The van der Waals surface area contributed by atoms with Crippen LogP contribution in [-0.2, 0) is 19.2 Å². The molecule has 2 N–H and O–H groups in total. The molecular weight excluding hydrogens is 356 g/mol. The zero-order chi connectivity index (χ0) is 21.3. The molecule has 1 aliphatic carbocycles. The van der Waals surface area contributed by atoms with E-state index in [-0.39, 0.29) is 41.9 Å². The van der Waals surface area contributed by atoms with Crippen molar-refractivity contribution in [2.45, 2.75) is 97.6 Å². The summed E-state index contributed by atoms with van der Waals surface area (Å²) in [6.07, 6.45) is 6.85. The molecule has 1 aliphatic rings. The van der Waals surface area contributed by atoms with Crippen LogP contribution in [-0.4, -0.2) is 41.4 Å². The van der Waals surface area contributed by atoms with E-state index >= 15 is 0 Å². The summed E-state index contributed by atoms with van der Waals surface area (Å²) in [5.41, 5.74) is -0.291. The van der Waals surface area contributed by atoms with Crippen LogP contribution in [0.25, 0.3) is 0 Å². The minimum Gasteiger partial charge on any atom is -0.342 e. The molecule has 0 saturated heterocycles. The van der Waals surface area contributed by atoms with Crippen LogP contribution in [0.5, 0.6) is 0 Å². The maximum atomic E-state index is 12.5. The van der Waals surface area contributed by atoms with E-state index < -0.39 is 17.7 Å². The molecule has 1 rings (SSSR count). The van der Waals surface area contributed by atoms with Crippen molar-refractivity contribution >= 4 is 23.3 Å². The molecule has 0 heterocycles. The Morgan fingerprint density at radius 3 is 2.14 bits per heavy atom. The Morgan fingerprint density at radius 2 is 1.64 bits per heavy atom. The fourth-order valence-corrected chi connectivity index (χ4v) is 4.00. The number of amides is 1. The van der Waals surface area contributed by atoms with Crippen molar-refractivity contribution in [3.63, 3.8) is 0 Å². The van der Waals surface area contributed by atoms with Gasteiger partial charge < -0.3 is 10.6 Å². The maximum absolute atomic E-state index is 12.5. The zero-order valence-electron chi connectivity index (χ0n) is 18.2. The lowest BCUT2D eigenvalue weighted by Crippen LogP contribution is -2.52. The Labute approximate surface area is 169 Å². The topological polar surface area (TPSA) is 92.3 Å². The number of carbonyl (C=O) groups excluding carboxylic acids is 4. The minimum atomic E-state index is -0.736. The lowest BCUT2D eigenvalue weighted by molar-refractivity contribution is -0.140. The molecule has 1 amide bonds. The predicted molar refractivity (Wildman–Crippen MR) is 110 cm³/mol. The fraction of sp³-hybridized carbons (Fsp3) is 0.818. The van der Waals surface area contributed by atoms with Crippen LogP contribution < -0.4 is 10.6 Å². The molecule has 6 heteroatoms. The van der Waals surface area contributed by atoms with Gasteiger partial charge in [0.2, 0.25) is 5.78 Å². The Bertz CT molecular complexity index is 559. The largest absolute Gasteiger partial charge is 0.342 e. The highest BCUT2D eigenvalue weighted by Gasteiger charge is 2.30. The summed E-state index contributed by atoms with van der Waals surface area (Å²) in [7, 11) is 0. The third-order valence-electron chi connectivity index (χ3n) is 5.36. The molecule has 0 aromatic carbocycles. The normalized spacial score (nSPS) is 17.6. The number of ketones is 3. The van der Waals surface area contributed by atoms with Gasteiger partial charge in [0.1, 0.15) is 5.78 Å². The Balaban J connectivity index is 2.58. The maximum Gasteiger partial charge on any atom is 0.289 e. The lowest BCUT2D eigenvalue weighted by atomic mass is 9.76. The molecule has 0 aliphatic heterocycles. The van der Waals surface area contributed by atoms with Gasteiger partial charge in [-0.1, -0.05) is 32.6 Å². The van der Waals surface area contributed by atoms with Crippen molar-refractivity contribution in [3.8, 4) is 0 Å². The summed E-state index contributed by atoms with van der Waals surface area (Å²) in [5.74, 6) is -1.43. The first-order valence-corrected chi connectivity index (χ1v) is 10.7. The second-order valence-electron chi connectivity index (χ2n) is 9.14. The van der Waals surface area contributed by atoms with Crippen molar-refractivity contribution < 1.29 is 19.2 Å². The molecule has 1 fully saturated rings. The number of Topliss-reactive ketones (excluding diaryl/α,β-unsaturated/α-hetero) is 3. The molecule has 0 spiro atoms. The molecular formula is C22H38N2O4. The number of nitrogens with one attached hydrogen (secondary N) is 2. The van der Waals surface area contributed by atoms with E-state index in [2.05, 4.69) is 10.6 Å². The molecule has 2 unspecified atom stereocenters. The predicted octanol–water partition coefficient (Wildman–Crippen LogP) is 2.97. The van der Waals surface area contributed by atoms with E-state index in [9.17, 15) is 19.2 Å². The Hall–Kier alpha value is -1.56. The monoisotopic (exact) mass is 394 g/mol. The Kier molecular flexibility index (Phi) is 10.0. The van der Waals surface area contributed by atoms with Crippen molar-refractivity contribution in [2.75, 3.05) is 6.54 Å². The average Bonchev–Trinajstić information content (AvgIpc) is 2.62. The van der Waals surface area contributed by atoms with Crippen LogP contribution >= 0.6 is 0 Å². The number of carbonyl (C=O) groups is 4. The highest BCUT2D eigenvalue weighted by Crippen LogP contribution is 2.32. The summed E-state index contributed by atoms with van der Waals surface area (Å²) in [4.78, 5) is 49.1. The van der Waals surface area contributed by atoms with Crippen molar-refractivity contribution in [3.05, 3.63) is 0 Å². The quantitative estimate of drug-likeness (QED) is 0.526. The summed E-state index contributed by atoms with van der Waals surface area (Å²) in [6, 6.07) is -0.563. The van der Waals surface area contributed by atoms with E-state index in [4.69, 9.17) is 0 Å². The second-order valence-corrected chi connectivity index (χ2v) is 9.14. The zero-order valence-corrected chi connectivity index (χ0v) is 18.2. The van der Waals surface area contributed by atoms with Crippen LogP contribution in [0.1, 0.15) is 86.0 Å². The molecule has 0 aromatic rings.